The summed E-state index contributed by atoms with van der Waals surface area (Å²) in [5.41, 5.74) is 2.51. The first kappa shape index (κ1) is 20.4. The van der Waals surface area contributed by atoms with E-state index in [1.165, 1.54) is 11.3 Å². The van der Waals surface area contributed by atoms with Crippen molar-refractivity contribution in [2.75, 3.05) is 45.2 Å². The highest BCUT2D eigenvalue weighted by molar-refractivity contribution is 14.0. The second-order valence-electron chi connectivity index (χ2n) is 6.06. The van der Waals surface area contributed by atoms with Gasteiger partial charge in [-0.3, -0.25) is 4.99 Å². The number of methoxy groups -OCH3 is 1. The summed E-state index contributed by atoms with van der Waals surface area (Å²) in [6.07, 6.45) is 0. The van der Waals surface area contributed by atoms with Crippen LogP contribution in [0.4, 0.5) is 5.69 Å². The summed E-state index contributed by atoms with van der Waals surface area (Å²) >= 11 is 0. The summed E-state index contributed by atoms with van der Waals surface area (Å²) in [7, 11) is 3.55. The van der Waals surface area contributed by atoms with Gasteiger partial charge in [0.2, 0.25) is 0 Å². The second-order valence-corrected chi connectivity index (χ2v) is 6.06. The Morgan fingerprint density at radius 3 is 2.23 bits per heavy atom. The number of guanidine groups is 1. The second kappa shape index (κ2) is 10.3. The van der Waals surface area contributed by atoms with Gasteiger partial charge in [-0.2, -0.15) is 0 Å². The fourth-order valence-electron chi connectivity index (χ4n) is 3.08. The molecule has 26 heavy (non-hydrogen) atoms. The molecular weight excluding hydrogens is 439 g/mol. The lowest BCUT2D eigenvalue weighted by Crippen LogP contribution is -2.52. The number of piperazine rings is 1. The third kappa shape index (κ3) is 5.27. The molecule has 0 aromatic heterocycles. The van der Waals surface area contributed by atoms with Crippen molar-refractivity contribution < 1.29 is 4.74 Å². The molecule has 1 heterocycles. The van der Waals surface area contributed by atoms with Gasteiger partial charge in [0.25, 0.3) is 0 Å². The van der Waals surface area contributed by atoms with E-state index in [2.05, 4.69) is 56.5 Å². The van der Waals surface area contributed by atoms with Crippen LogP contribution in [0.5, 0.6) is 5.75 Å². The minimum atomic E-state index is 0. The van der Waals surface area contributed by atoms with Gasteiger partial charge in [0.15, 0.2) is 5.96 Å². The van der Waals surface area contributed by atoms with E-state index in [4.69, 9.17) is 4.74 Å². The standard InChI is InChI=1S/C20H26N4O.HI/c1-21-20(22-16-17-6-4-3-5-7-17)24-14-12-23(13-15-24)18-8-10-19(25-2)11-9-18;/h3-11H,12-16H2,1-2H3,(H,21,22);1H. The highest BCUT2D eigenvalue weighted by Gasteiger charge is 2.19. The molecule has 1 aliphatic heterocycles. The molecule has 0 atom stereocenters. The third-order valence-electron chi connectivity index (χ3n) is 4.52. The summed E-state index contributed by atoms with van der Waals surface area (Å²) < 4.78 is 5.23. The molecule has 140 valence electrons. The first-order valence-electron chi connectivity index (χ1n) is 8.68. The number of nitrogens with one attached hydrogen (secondary N) is 1. The van der Waals surface area contributed by atoms with Crippen LogP contribution in [-0.2, 0) is 6.54 Å². The Morgan fingerprint density at radius 1 is 1.00 bits per heavy atom. The molecule has 0 spiro atoms. The first-order valence-corrected chi connectivity index (χ1v) is 8.68. The molecule has 0 unspecified atom stereocenters. The van der Waals surface area contributed by atoms with Gasteiger partial charge in [-0.25, -0.2) is 0 Å². The number of hydrogen-bond donors (Lipinski definition) is 1. The van der Waals surface area contributed by atoms with Crippen LogP contribution in [0.2, 0.25) is 0 Å². The maximum atomic E-state index is 5.23. The summed E-state index contributed by atoms with van der Waals surface area (Å²) in [4.78, 5) is 9.17. The molecule has 0 amide bonds. The van der Waals surface area contributed by atoms with Crippen LogP contribution in [0.15, 0.2) is 59.6 Å². The Morgan fingerprint density at radius 2 is 1.65 bits per heavy atom. The normalized spacial score (nSPS) is 14.6. The Labute approximate surface area is 173 Å². The maximum Gasteiger partial charge on any atom is 0.194 e. The van der Waals surface area contributed by atoms with Crippen molar-refractivity contribution in [2.24, 2.45) is 4.99 Å². The summed E-state index contributed by atoms with van der Waals surface area (Å²) in [5, 5.41) is 3.47. The van der Waals surface area contributed by atoms with Gasteiger partial charge in [0, 0.05) is 45.5 Å². The molecule has 1 N–H and O–H groups in total. The highest BCUT2D eigenvalue weighted by atomic mass is 127. The van der Waals surface area contributed by atoms with Crippen molar-refractivity contribution in [3.8, 4) is 5.75 Å². The molecule has 0 radical (unpaired) electrons. The van der Waals surface area contributed by atoms with E-state index in [-0.39, 0.29) is 24.0 Å². The molecule has 3 rings (SSSR count). The van der Waals surface area contributed by atoms with E-state index >= 15 is 0 Å². The lowest BCUT2D eigenvalue weighted by Gasteiger charge is -2.37. The summed E-state index contributed by atoms with van der Waals surface area (Å²) in [5.74, 6) is 1.87. The predicted molar refractivity (Wildman–Crippen MR) is 119 cm³/mol. The third-order valence-corrected chi connectivity index (χ3v) is 4.52. The highest BCUT2D eigenvalue weighted by Crippen LogP contribution is 2.20. The minimum absolute atomic E-state index is 0. The Hall–Kier alpha value is -1.96. The Balaban J connectivity index is 0.00000243. The fraction of sp³-hybridized carbons (Fsp3) is 0.350. The Kier molecular flexibility index (Phi) is 8.03. The van der Waals surface area contributed by atoms with Crippen LogP contribution in [0.1, 0.15) is 5.56 Å². The van der Waals surface area contributed by atoms with Crippen LogP contribution in [0.3, 0.4) is 0 Å². The first-order chi connectivity index (χ1) is 12.3. The molecule has 1 aliphatic rings. The molecule has 2 aromatic carbocycles. The number of aliphatic imine (C=N–C) groups is 1. The average molecular weight is 466 g/mol. The maximum absolute atomic E-state index is 5.23. The number of ether oxygens (including phenoxy) is 1. The van der Waals surface area contributed by atoms with E-state index in [0.29, 0.717) is 0 Å². The van der Waals surface area contributed by atoms with Gasteiger partial charge in [-0.1, -0.05) is 30.3 Å². The Bertz CT molecular complexity index is 683. The number of benzene rings is 2. The van der Waals surface area contributed by atoms with Crippen molar-refractivity contribution >= 4 is 35.6 Å². The number of nitrogens with zero attached hydrogens (tertiary/aromatic N) is 3. The molecule has 0 bridgehead atoms. The van der Waals surface area contributed by atoms with Crippen LogP contribution >= 0.6 is 24.0 Å². The number of anilines is 1. The van der Waals surface area contributed by atoms with E-state index in [9.17, 15) is 0 Å². The van der Waals surface area contributed by atoms with Gasteiger partial charge < -0.3 is 19.9 Å². The predicted octanol–water partition coefficient (Wildman–Crippen LogP) is 3.21. The zero-order valence-electron chi connectivity index (χ0n) is 15.4. The SMILES string of the molecule is CN=C(NCc1ccccc1)N1CCN(c2ccc(OC)cc2)CC1.I. The monoisotopic (exact) mass is 466 g/mol. The van der Waals surface area contributed by atoms with Crippen LogP contribution in [0.25, 0.3) is 0 Å². The fourth-order valence-corrected chi connectivity index (χ4v) is 3.08. The lowest BCUT2D eigenvalue weighted by molar-refractivity contribution is 0.372. The van der Waals surface area contributed by atoms with Crippen molar-refractivity contribution in [1.82, 2.24) is 10.2 Å². The number of hydrogen-bond acceptors (Lipinski definition) is 3. The van der Waals surface area contributed by atoms with Crippen LogP contribution in [-0.4, -0.2) is 51.2 Å². The van der Waals surface area contributed by atoms with Crippen molar-refractivity contribution in [1.29, 1.82) is 0 Å². The van der Waals surface area contributed by atoms with Crippen LogP contribution < -0.4 is 15.0 Å². The molecule has 6 heteroatoms. The lowest BCUT2D eigenvalue weighted by atomic mass is 10.2. The van der Waals surface area contributed by atoms with Gasteiger partial charge in [-0.15, -0.1) is 24.0 Å². The molecule has 1 fully saturated rings. The molecule has 1 saturated heterocycles. The van der Waals surface area contributed by atoms with E-state index in [1.807, 2.05) is 25.2 Å². The van der Waals surface area contributed by atoms with E-state index < -0.39 is 0 Å². The van der Waals surface area contributed by atoms with Crippen molar-refractivity contribution in [2.45, 2.75) is 6.54 Å². The van der Waals surface area contributed by atoms with Crippen molar-refractivity contribution in [3.05, 3.63) is 60.2 Å². The number of halogens is 1. The van der Waals surface area contributed by atoms with Gasteiger partial charge in [0.05, 0.1) is 7.11 Å². The van der Waals surface area contributed by atoms with Crippen molar-refractivity contribution in [3.63, 3.8) is 0 Å². The zero-order valence-corrected chi connectivity index (χ0v) is 17.7. The number of rotatable bonds is 4. The molecule has 0 saturated carbocycles. The average Bonchev–Trinajstić information content (AvgIpc) is 2.70. The molecule has 0 aliphatic carbocycles. The molecule has 5 nitrogen and oxygen atoms in total. The van der Waals surface area contributed by atoms with Gasteiger partial charge >= 0.3 is 0 Å². The minimum Gasteiger partial charge on any atom is -0.497 e. The summed E-state index contributed by atoms with van der Waals surface area (Å²) in [6, 6.07) is 18.7. The quantitative estimate of drug-likeness (QED) is 0.427. The van der Waals surface area contributed by atoms with E-state index in [0.717, 1.165) is 44.4 Å². The largest absolute Gasteiger partial charge is 0.497 e. The van der Waals surface area contributed by atoms with Gasteiger partial charge in [0.1, 0.15) is 5.75 Å². The zero-order chi connectivity index (χ0) is 17.5. The van der Waals surface area contributed by atoms with Crippen LogP contribution in [0, 0.1) is 0 Å². The van der Waals surface area contributed by atoms with E-state index in [1.54, 1.807) is 7.11 Å². The molecule has 2 aromatic rings. The molecular formula is C20H27IN4O. The topological polar surface area (TPSA) is 40.1 Å². The smallest absolute Gasteiger partial charge is 0.194 e. The van der Waals surface area contributed by atoms with Gasteiger partial charge in [-0.05, 0) is 29.8 Å². The summed E-state index contributed by atoms with van der Waals surface area (Å²) in [6.45, 7) is 4.68.